The van der Waals surface area contributed by atoms with Gasteiger partial charge in [-0.2, -0.15) is 0 Å². The van der Waals surface area contributed by atoms with Gasteiger partial charge < -0.3 is 5.32 Å². The van der Waals surface area contributed by atoms with Gasteiger partial charge in [-0.3, -0.25) is 4.40 Å². The number of hydrogen-bond acceptors (Lipinski definition) is 4. The minimum absolute atomic E-state index is 0.559. The molecule has 0 fully saturated rings. The molecule has 1 N–H and O–H groups in total. The third-order valence-corrected chi connectivity index (χ3v) is 4.24. The molecule has 5 nitrogen and oxygen atoms in total. The number of rotatable bonds is 3. The van der Waals surface area contributed by atoms with E-state index in [1.54, 1.807) is 6.33 Å². The van der Waals surface area contributed by atoms with Gasteiger partial charge in [0.25, 0.3) is 0 Å². The SMILES string of the molecule is Clc1c(CNc2ncnc3c2CCC3)nc2ccccn12. The minimum atomic E-state index is 0.559. The lowest BCUT2D eigenvalue weighted by Gasteiger charge is -2.08. The molecule has 3 aromatic heterocycles. The average Bonchev–Trinajstić information content (AvgIpc) is 3.11. The maximum atomic E-state index is 6.37. The second-order valence-corrected chi connectivity index (χ2v) is 5.49. The van der Waals surface area contributed by atoms with E-state index in [0.717, 1.165) is 42.1 Å². The van der Waals surface area contributed by atoms with Crippen molar-refractivity contribution in [1.29, 1.82) is 0 Å². The Bertz CT molecular complexity index is 811. The van der Waals surface area contributed by atoms with Gasteiger partial charge in [-0.15, -0.1) is 0 Å². The average molecular weight is 300 g/mol. The van der Waals surface area contributed by atoms with E-state index < -0.39 is 0 Å². The van der Waals surface area contributed by atoms with Crippen molar-refractivity contribution in [3.63, 3.8) is 0 Å². The molecule has 0 atom stereocenters. The lowest BCUT2D eigenvalue weighted by molar-refractivity contribution is 0.899. The summed E-state index contributed by atoms with van der Waals surface area (Å²) in [5.74, 6) is 0.908. The van der Waals surface area contributed by atoms with Crippen LogP contribution in [-0.2, 0) is 19.4 Å². The van der Waals surface area contributed by atoms with Crippen molar-refractivity contribution in [2.24, 2.45) is 0 Å². The van der Waals surface area contributed by atoms with Crippen molar-refractivity contribution in [2.75, 3.05) is 5.32 Å². The monoisotopic (exact) mass is 299 g/mol. The highest BCUT2D eigenvalue weighted by Gasteiger charge is 2.17. The van der Waals surface area contributed by atoms with Crippen molar-refractivity contribution in [3.8, 4) is 0 Å². The second kappa shape index (κ2) is 5.00. The number of imidazole rings is 1. The van der Waals surface area contributed by atoms with Gasteiger partial charge in [0.1, 0.15) is 22.9 Å². The first-order valence-electron chi connectivity index (χ1n) is 7.01. The Morgan fingerprint density at radius 2 is 2.19 bits per heavy atom. The van der Waals surface area contributed by atoms with Crippen molar-refractivity contribution in [3.05, 3.63) is 52.8 Å². The number of nitrogens with zero attached hydrogens (tertiary/aromatic N) is 4. The molecule has 0 unspecified atom stereocenters. The lowest BCUT2D eigenvalue weighted by Crippen LogP contribution is -2.06. The fourth-order valence-corrected chi connectivity index (χ4v) is 3.06. The van der Waals surface area contributed by atoms with Gasteiger partial charge in [-0.1, -0.05) is 17.7 Å². The zero-order valence-electron chi connectivity index (χ0n) is 11.4. The van der Waals surface area contributed by atoms with E-state index in [-0.39, 0.29) is 0 Å². The number of hydrogen-bond donors (Lipinski definition) is 1. The molecule has 1 aliphatic carbocycles. The van der Waals surface area contributed by atoms with E-state index >= 15 is 0 Å². The highest BCUT2D eigenvalue weighted by molar-refractivity contribution is 6.30. The van der Waals surface area contributed by atoms with Gasteiger partial charge in [-0.25, -0.2) is 15.0 Å². The standard InChI is InChI=1S/C15H14ClN5/c16-14-12(20-13-6-1-2-7-21(13)14)8-17-15-10-4-3-5-11(10)18-9-19-15/h1-2,6-7,9H,3-5,8H2,(H,17,18,19). The number of aryl methyl sites for hydroxylation is 1. The van der Waals surface area contributed by atoms with Gasteiger partial charge in [-0.05, 0) is 31.4 Å². The zero-order valence-corrected chi connectivity index (χ0v) is 12.1. The molecule has 0 bridgehead atoms. The molecule has 6 heteroatoms. The van der Waals surface area contributed by atoms with E-state index in [1.165, 1.54) is 5.56 Å². The normalized spacial score (nSPS) is 13.6. The van der Waals surface area contributed by atoms with Gasteiger partial charge in [0.05, 0.1) is 12.2 Å². The number of nitrogens with one attached hydrogen (secondary N) is 1. The maximum Gasteiger partial charge on any atom is 0.138 e. The first kappa shape index (κ1) is 12.6. The largest absolute Gasteiger partial charge is 0.364 e. The Morgan fingerprint density at radius 1 is 1.24 bits per heavy atom. The second-order valence-electron chi connectivity index (χ2n) is 5.13. The predicted molar refractivity (Wildman–Crippen MR) is 81.6 cm³/mol. The number of halogens is 1. The smallest absolute Gasteiger partial charge is 0.138 e. The number of aromatic nitrogens is 4. The van der Waals surface area contributed by atoms with Crippen LogP contribution < -0.4 is 5.32 Å². The lowest BCUT2D eigenvalue weighted by atomic mass is 10.2. The maximum absolute atomic E-state index is 6.37. The molecule has 0 amide bonds. The number of fused-ring (bicyclic) bond motifs is 2. The molecule has 3 heterocycles. The molecule has 0 spiro atoms. The Hall–Kier alpha value is -2.14. The topological polar surface area (TPSA) is 55.1 Å². The van der Waals surface area contributed by atoms with Crippen LogP contribution in [-0.4, -0.2) is 19.4 Å². The zero-order chi connectivity index (χ0) is 14.2. The van der Waals surface area contributed by atoms with Gasteiger partial charge in [0, 0.05) is 17.5 Å². The predicted octanol–water partition coefficient (Wildman–Crippen LogP) is 2.88. The molecular weight excluding hydrogens is 286 g/mol. The van der Waals surface area contributed by atoms with E-state index in [2.05, 4.69) is 20.3 Å². The highest BCUT2D eigenvalue weighted by Crippen LogP contribution is 2.26. The molecule has 0 aromatic carbocycles. The van der Waals surface area contributed by atoms with Crippen LogP contribution in [0.3, 0.4) is 0 Å². The molecule has 4 rings (SSSR count). The van der Waals surface area contributed by atoms with Crippen LogP contribution in [0, 0.1) is 0 Å². The van der Waals surface area contributed by atoms with Gasteiger partial charge >= 0.3 is 0 Å². The third-order valence-electron chi connectivity index (χ3n) is 3.84. The van der Waals surface area contributed by atoms with Crippen LogP contribution in [0.25, 0.3) is 5.65 Å². The highest BCUT2D eigenvalue weighted by atomic mass is 35.5. The fraction of sp³-hybridized carbons (Fsp3) is 0.267. The Balaban J connectivity index is 1.62. The van der Waals surface area contributed by atoms with Crippen LogP contribution in [0.4, 0.5) is 5.82 Å². The third kappa shape index (κ3) is 2.14. The summed E-state index contributed by atoms with van der Waals surface area (Å²) in [6.07, 6.45) is 6.77. The molecule has 21 heavy (non-hydrogen) atoms. The van der Waals surface area contributed by atoms with Crippen molar-refractivity contribution < 1.29 is 0 Å². The van der Waals surface area contributed by atoms with E-state index in [4.69, 9.17) is 11.6 Å². The van der Waals surface area contributed by atoms with Crippen molar-refractivity contribution >= 4 is 23.1 Å². The molecule has 0 saturated carbocycles. The molecule has 0 radical (unpaired) electrons. The molecule has 0 saturated heterocycles. The summed E-state index contributed by atoms with van der Waals surface area (Å²) < 4.78 is 1.88. The van der Waals surface area contributed by atoms with Crippen LogP contribution >= 0.6 is 11.6 Å². The molecular formula is C15H14ClN5. The number of pyridine rings is 1. The van der Waals surface area contributed by atoms with Gasteiger partial charge in [0.15, 0.2) is 0 Å². The Kier molecular flexibility index (Phi) is 3.00. The first-order valence-corrected chi connectivity index (χ1v) is 7.39. The summed E-state index contributed by atoms with van der Waals surface area (Å²) in [6, 6.07) is 5.83. The van der Waals surface area contributed by atoms with Crippen LogP contribution in [0.15, 0.2) is 30.7 Å². The fourth-order valence-electron chi connectivity index (χ4n) is 2.81. The summed E-state index contributed by atoms with van der Waals surface area (Å²) in [7, 11) is 0. The summed E-state index contributed by atoms with van der Waals surface area (Å²) in [5.41, 5.74) is 4.08. The Labute approximate surface area is 127 Å². The summed E-state index contributed by atoms with van der Waals surface area (Å²) in [5, 5.41) is 3.99. The minimum Gasteiger partial charge on any atom is -0.364 e. The quantitative estimate of drug-likeness (QED) is 0.808. The van der Waals surface area contributed by atoms with E-state index in [0.29, 0.717) is 11.7 Å². The molecule has 3 aromatic rings. The van der Waals surface area contributed by atoms with Crippen molar-refractivity contribution in [1.82, 2.24) is 19.4 Å². The van der Waals surface area contributed by atoms with Crippen molar-refractivity contribution in [2.45, 2.75) is 25.8 Å². The summed E-state index contributed by atoms with van der Waals surface area (Å²) >= 11 is 6.37. The Morgan fingerprint density at radius 3 is 3.10 bits per heavy atom. The molecule has 0 aliphatic heterocycles. The van der Waals surface area contributed by atoms with Crippen LogP contribution in [0.2, 0.25) is 5.15 Å². The van der Waals surface area contributed by atoms with Crippen LogP contribution in [0.5, 0.6) is 0 Å². The molecule has 106 valence electrons. The molecule has 1 aliphatic rings. The number of anilines is 1. The summed E-state index contributed by atoms with van der Waals surface area (Å²) in [6.45, 7) is 0.559. The van der Waals surface area contributed by atoms with Crippen LogP contribution in [0.1, 0.15) is 23.4 Å². The summed E-state index contributed by atoms with van der Waals surface area (Å²) in [4.78, 5) is 13.2. The first-order chi connectivity index (χ1) is 10.3. The van der Waals surface area contributed by atoms with E-state index in [1.807, 2.05) is 28.8 Å². The van der Waals surface area contributed by atoms with E-state index in [9.17, 15) is 0 Å². The van der Waals surface area contributed by atoms with Gasteiger partial charge in [0.2, 0.25) is 0 Å².